The topological polar surface area (TPSA) is 139 Å². The van der Waals surface area contributed by atoms with Gasteiger partial charge >= 0.3 is 5.97 Å². The van der Waals surface area contributed by atoms with Crippen molar-refractivity contribution in [3.05, 3.63) is 0 Å². The average Bonchev–Trinajstić information content (AvgIpc) is 2.41. The lowest BCUT2D eigenvalue weighted by atomic mass is 9.96. The molecule has 0 aromatic carbocycles. The van der Waals surface area contributed by atoms with Crippen molar-refractivity contribution in [1.82, 2.24) is 5.32 Å². The summed E-state index contributed by atoms with van der Waals surface area (Å²) in [6, 6.07) is -0.876. The molecule has 0 bridgehead atoms. The van der Waals surface area contributed by atoms with Crippen LogP contribution >= 0.6 is 0 Å². The third-order valence-corrected chi connectivity index (χ3v) is 3.43. The molecule has 1 saturated heterocycles. The van der Waals surface area contributed by atoms with Crippen LogP contribution in [0.3, 0.4) is 0 Å². The lowest BCUT2D eigenvalue weighted by Crippen LogP contribution is -2.65. The van der Waals surface area contributed by atoms with E-state index in [1.807, 2.05) is 6.92 Å². The van der Waals surface area contributed by atoms with E-state index in [1.165, 1.54) is 0 Å². The van der Waals surface area contributed by atoms with E-state index in [4.69, 9.17) is 9.84 Å². The monoisotopic (exact) mass is 293 g/mol. The molecule has 6 N–H and O–H groups in total. The number of carboxylic acids is 1. The summed E-state index contributed by atoms with van der Waals surface area (Å²) in [7, 11) is 0. The Morgan fingerprint density at radius 3 is 2.65 bits per heavy atom. The van der Waals surface area contributed by atoms with Gasteiger partial charge < -0.3 is 30.3 Å². The van der Waals surface area contributed by atoms with Crippen molar-refractivity contribution in [2.45, 2.75) is 56.3 Å². The number of aliphatic carboxylic acids is 1. The molecule has 0 aliphatic carbocycles. The second-order valence-electron chi connectivity index (χ2n) is 5.07. The summed E-state index contributed by atoms with van der Waals surface area (Å²) >= 11 is 0. The van der Waals surface area contributed by atoms with Gasteiger partial charge in [-0.1, -0.05) is 19.8 Å². The van der Waals surface area contributed by atoms with E-state index in [2.05, 4.69) is 5.32 Å². The molecule has 1 rings (SSSR count). The van der Waals surface area contributed by atoms with Crippen molar-refractivity contribution < 1.29 is 35.1 Å². The predicted octanol–water partition coefficient (Wildman–Crippen LogP) is -1.98. The minimum atomic E-state index is -2.13. The van der Waals surface area contributed by atoms with Gasteiger partial charge in [-0.2, -0.15) is 0 Å². The van der Waals surface area contributed by atoms with Gasteiger partial charge in [0.15, 0.2) is 0 Å². The highest BCUT2D eigenvalue weighted by Crippen LogP contribution is 2.23. The Morgan fingerprint density at radius 1 is 1.45 bits per heavy atom. The molecule has 0 aromatic heterocycles. The summed E-state index contributed by atoms with van der Waals surface area (Å²) in [6.45, 7) is 1.22. The molecule has 0 radical (unpaired) electrons. The zero-order valence-electron chi connectivity index (χ0n) is 11.4. The van der Waals surface area contributed by atoms with Crippen LogP contribution in [0.5, 0.6) is 0 Å². The van der Waals surface area contributed by atoms with E-state index < -0.39 is 36.1 Å². The highest BCUT2D eigenvalue weighted by Gasteiger charge is 2.48. The molecule has 1 fully saturated rings. The number of carbonyl (C=O) groups is 1. The van der Waals surface area contributed by atoms with Crippen LogP contribution in [0.1, 0.15) is 26.2 Å². The molecule has 0 amide bonds. The molecule has 8 nitrogen and oxygen atoms in total. The van der Waals surface area contributed by atoms with Crippen molar-refractivity contribution in [3.63, 3.8) is 0 Å². The zero-order chi connectivity index (χ0) is 15.3. The normalized spacial score (nSPS) is 35.8. The highest BCUT2D eigenvalue weighted by atomic mass is 16.6. The summed E-state index contributed by atoms with van der Waals surface area (Å²) in [5.74, 6) is -3.19. The van der Waals surface area contributed by atoms with Gasteiger partial charge in [0.05, 0.1) is 13.2 Å². The number of ether oxygens (including phenoxy) is 1. The van der Waals surface area contributed by atoms with E-state index in [0.717, 1.165) is 6.42 Å². The summed E-state index contributed by atoms with van der Waals surface area (Å²) in [4.78, 5) is 11.0. The molecule has 1 aliphatic heterocycles. The fourth-order valence-electron chi connectivity index (χ4n) is 2.04. The van der Waals surface area contributed by atoms with Crippen LogP contribution in [-0.2, 0) is 9.53 Å². The maximum Gasteiger partial charge on any atom is 0.320 e. The number of carboxylic acid groups (broad SMARTS) is 1. The fourth-order valence-corrected chi connectivity index (χ4v) is 2.04. The van der Waals surface area contributed by atoms with Crippen LogP contribution < -0.4 is 5.32 Å². The molecule has 8 heteroatoms. The van der Waals surface area contributed by atoms with Crippen LogP contribution in [0.4, 0.5) is 0 Å². The number of hydrogen-bond donors (Lipinski definition) is 6. The molecule has 0 aromatic rings. The van der Waals surface area contributed by atoms with Gasteiger partial charge in [-0.3, -0.25) is 10.1 Å². The van der Waals surface area contributed by atoms with Gasteiger partial charge in [0.2, 0.25) is 5.79 Å². The second-order valence-corrected chi connectivity index (χ2v) is 5.07. The number of hydrogen-bond acceptors (Lipinski definition) is 7. The zero-order valence-corrected chi connectivity index (χ0v) is 11.4. The standard InChI is InChI=1S/C12H23NO7/c1-2-3-4-7(11(17)18)13-6-12(19)10(16)9(15)8(14)5-20-12/h7-10,13-16,19H,2-6H2,1H3,(H,17,18). The Kier molecular flexibility index (Phi) is 6.31. The van der Waals surface area contributed by atoms with E-state index in [1.54, 1.807) is 0 Å². The van der Waals surface area contributed by atoms with Gasteiger partial charge in [-0.25, -0.2) is 0 Å². The summed E-state index contributed by atoms with van der Waals surface area (Å²) < 4.78 is 4.94. The van der Waals surface area contributed by atoms with E-state index >= 15 is 0 Å². The maximum atomic E-state index is 11.0. The number of unbranched alkanes of at least 4 members (excludes halogenated alkanes) is 1. The van der Waals surface area contributed by atoms with Gasteiger partial charge in [0.25, 0.3) is 0 Å². The lowest BCUT2D eigenvalue weighted by Gasteiger charge is -2.42. The molecule has 20 heavy (non-hydrogen) atoms. The molecule has 1 aliphatic rings. The molecular weight excluding hydrogens is 270 g/mol. The first-order chi connectivity index (χ1) is 9.31. The van der Waals surface area contributed by atoms with Crippen LogP contribution in [-0.4, -0.2) is 74.8 Å². The summed E-state index contributed by atoms with van der Waals surface area (Å²) in [5, 5.41) is 50.3. The Balaban J connectivity index is 2.59. The minimum absolute atomic E-state index is 0.344. The van der Waals surface area contributed by atoms with Crippen molar-refractivity contribution in [1.29, 1.82) is 0 Å². The van der Waals surface area contributed by atoms with Crippen LogP contribution in [0, 0.1) is 0 Å². The van der Waals surface area contributed by atoms with Gasteiger partial charge in [0, 0.05) is 0 Å². The van der Waals surface area contributed by atoms with Gasteiger partial charge in [0.1, 0.15) is 24.4 Å². The highest BCUT2D eigenvalue weighted by molar-refractivity contribution is 5.73. The molecule has 1 heterocycles. The minimum Gasteiger partial charge on any atom is -0.480 e. The molecule has 5 unspecified atom stereocenters. The van der Waals surface area contributed by atoms with E-state index in [9.17, 15) is 25.2 Å². The third kappa shape index (κ3) is 4.11. The third-order valence-electron chi connectivity index (χ3n) is 3.43. The fraction of sp³-hybridized carbons (Fsp3) is 0.917. The van der Waals surface area contributed by atoms with Gasteiger partial charge in [-0.05, 0) is 6.42 Å². The Labute approximate surface area is 117 Å². The van der Waals surface area contributed by atoms with Crippen LogP contribution in [0.15, 0.2) is 0 Å². The molecule has 0 spiro atoms. The van der Waals surface area contributed by atoms with Crippen molar-refractivity contribution in [3.8, 4) is 0 Å². The first-order valence-corrected chi connectivity index (χ1v) is 6.68. The quantitative estimate of drug-likeness (QED) is 0.317. The average molecular weight is 293 g/mol. The Morgan fingerprint density at radius 2 is 2.10 bits per heavy atom. The van der Waals surface area contributed by atoms with Crippen molar-refractivity contribution >= 4 is 5.97 Å². The molecule has 5 atom stereocenters. The molecule has 118 valence electrons. The number of nitrogens with one attached hydrogen (secondary N) is 1. The van der Waals surface area contributed by atoms with Crippen LogP contribution in [0.2, 0.25) is 0 Å². The largest absolute Gasteiger partial charge is 0.480 e. The second kappa shape index (κ2) is 7.30. The smallest absolute Gasteiger partial charge is 0.320 e. The predicted molar refractivity (Wildman–Crippen MR) is 67.9 cm³/mol. The van der Waals surface area contributed by atoms with Crippen LogP contribution in [0.25, 0.3) is 0 Å². The summed E-state index contributed by atoms with van der Waals surface area (Å²) in [6.07, 6.45) is -2.65. The number of aliphatic hydroxyl groups is 4. The Hall–Kier alpha value is -0.770. The molecular formula is C12H23NO7. The Bertz CT molecular complexity index is 327. The first kappa shape index (κ1) is 17.3. The summed E-state index contributed by atoms with van der Waals surface area (Å²) in [5.41, 5.74) is 0. The number of rotatable bonds is 7. The van der Waals surface area contributed by atoms with E-state index in [-0.39, 0.29) is 13.2 Å². The van der Waals surface area contributed by atoms with Crippen molar-refractivity contribution in [2.24, 2.45) is 0 Å². The molecule has 0 saturated carbocycles. The number of aliphatic hydroxyl groups excluding tert-OH is 3. The first-order valence-electron chi connectivity index (χ1n) is 6.68. The van der Waals surface area contributed by atoms with Crippen molar-refractivity contribution in [2.75, 3.05) is 13.2 Å². The lowest BCUT2D eigenvalue weighted by molar-refractivity contribution is -0.318. The van der Waals surface area contributed by atoms with E-state index in [0.29, 0.717) is 12.8 Å². The maximum absolute atomic E-state index is 11.0. The van der Waals surface area contributed by atoms with Gasteiger partial charge in [-0.15, -0.1) is 0 Å². The SMILES string of the molecule is CCCCC(NCC1(O)OCC(O)C(O)C1O)C(=O)O.